The first-order valence-electron chi connectivity index (χ1n) is 7.98. The molecule has 1 heterocycles. The number of hydrogen-bond acceptors (Lipinski definition) is 4. The molecular formula is C18H24FNO4. The molecule has 1 fully saturated rings. The number of ether oxygens (including phenoxy) is 2. The molecule has 0 aromatic heterocycles. The summed E-state index contributed by atoms with van der Waals surface area (Å²) in [5, 5.41) is 0. The maximum atomic E-state index is 13.9. The SMILES string of the molecule is CC(C)(C)OC(=O)N1C[C@@H](F)C[C@]1(C)C(=O)OCc1ccccc1. The van der Waals surface area contributed by atoms with Crippen molar-refractivity contribution in [2.45, 2.75) is 58.0 Å². The number of hydrogen-bond donors (Lipinski definition) is 0. The Balaban J connectivity index is 2.09. The van der Waals surface area contributed by atoms with Gasteiger partial charge in [0.25, 0.3) is 0 Å². The molecule has 0 saturated carbocycles. The first kappa shape index (κ1) is 18.2. The lowest BCUT2D eigenvalue weighted by Crippen LogP contribution is -2.52. The van der Waals surface area contributed by atoms with Gasteiger partial charge in [-0.25, -0.2) is 14.0 Å². The van der Waals surface area contributed by atoms with Gasteiger partial charge in [0.2, 0.25) is 0 Å². The number of halogens is 1. The van der Waals surface area contributed by atoms with E-state index >= 15 is 0 Å². The van der Waals surface area contributed by atoms with Gasteiger partial charge in [-0.05, 0) is 33.3 Å². The number of amides is 1. The van der Waals surface area contributed by atoms with Gasteiger partial charge in [-0.15, -0.1) is 0 Å². The number of nitrogens with zero attached hydrogens (tertiary/aromatic N) is 1. The van der Waals surface area contributed by atoms with Crippen molar-refractivity contribution in [1.82, 2.24) is 4.90 Å². The maximum Gasteiger partial charge on any atom is 0.411 e. The monoisotopic (exact) mass is 337 g/mol. The summed E-state index contributed by atoms with van der Waals surface area (Å²) >= 11 is 0. The molecule has 6 heteroatoms. The number of carbonyl (C=O) groups is 2. The van der Waals surface area contributed by atoms with Crippen molar-refractivity contribution in [3.63, 3.8) is 0 Å². The number of benzene rings is 1. The summed E-state index contributed by atoms with van der Waals surface area (Å²) in [6, 6.07) is 9.19. The highest BCUT2D eigenvalue weighted by molar-refractivity contribution is 5.86. The second kappa shape index (κ2) is 6.79. The van der Waals surface area contributed by atoms with Crippen LogP contribution in [0.25, 0.3) is 0 Å². The molecule has 1 aliphatic heterocycles. The molecular weight excluding hydrogens is 313 g/mol. The molecule has 24 heavy (non-hydrogen) atoms. The molecule has 0 N–H and O–H groups in total. The van der Waals surface area contributed by atoms with Crippen LogP contribution in [-0.2, 0) is 20.9 Å². The van der Waals surface area contributed by atoms with Gasteiger partial charge in [-0.3, -0.25) is 4.90 Å². The van der Waals surface area contributed by atoms with Gasteiger partial charge in [0.15, 0.2) is 0 Å². The lowest BCUT2D eigenvalue weighted by molar-refractivity contribution is -0.156. The molecule has 1 aliphatic rings. The van der Waals surface area contributed by atoms with Gasteiger partial charge in [-0.1, -0.05) is 30.3 Å². The predicted molar refractivity (Wildman–Crippen MR) is 87.1 cm³/mol. The minimum Gasteiger partial charge on any atom is -0.459 e. The molecule has 1 amide bonds. The number of esters is 1. The standard InChI is InChI=1S/C18H24FNO4/c1-17(2,3)24-16(22)20-11-14(19)10-18(20,4)15(21)23-12-13-8-6-5-7-9-13/h5-9,14H,10-12H2,1-4H3/t14-,18+/m0/s1. The average molecular weight is 337 g/mol. The highest BCUT2D eigenvalue weighted by atomic mass is 19.1. The molecule has 2 atom stereocenters. The fraction of sp³-hybridized carbons (Fsp3) is 0.556. The van der Waals surface area contributed by atoms with Gasteiger partial charge in [0.1, 0.15) is 23.9 Å². The minimum atomic E-state index is -1.36. The van der Waals surface area contributed by atoms with Gasteiger partial charge < -0.3 is 9.47 Å². The Kier molecular flexibility index (Phi) is 5.16. The van der Waals surface area contributed by atoms with Gasteiger partial charge >= 0.3 is 12.1 Å². The molecule has 5 nitrogen and oxygen atoms in total. The van der Waals surface area contributed by atoms with E-state index in [2.05, 4.69) is 0 Å². The summed E-state index contributed by atoms with van der Waals surface area (Å²) in [6.45, 7) is 6.58. The van der Waals surface area contributed by atoms with E-state index in [1.54, 1.807) is 20.8 Å². The van der Waals surface area contributed by atoms with Crippen LogP contribution in [0.2, 0.25) is 0 Å². The average Bonchev–Trinajstić information content (AvgIpc) is 2.80. The molecule has 0 spiro atoms. The fourth-order valence-electron chi connectivity index (χ4n) is 2.67. The zero-order valence-corrected chi connectivity index (χ0v) is 14.5. The second-order valence-corrected chi connectivity index (χ2v) is 7.23. The van der Waals surface area contributed by atoms with Crippen LogP contribution in [0.1, 0.15) is 39.7 Å². The van der Waals surface area contributed by atoms with E-state index in [1.807, 2.05) is 30.3 Å². The first-order valence-corrected chi connectivity index (χ1v) is 7.98. The van der Waals surface area contributed by atoms with Crippen molar-refractivity contribution in [1.29, 1.82) is 0 Å². The van der Waals surface area contributed by atoms with Crippen molar-refractivity contribution < 1.29 is 23.5 Å². The maximum absolute atomic E-state index is 13.9. The minimum absolute atomic E-state index is 0.0778. The number of carbonyl (C=O) groups excluding carboxylic acids is 2. The van der Waals surface area contributed by atoms with E-state index in [0.29, 0.717) is 0 Å². The number of alkyl halides is 1. The number of likely N-dealkylation sites (tertiary alicyclic amines) is 1. The van der Waals surface area contributed by atoms with Crippen LogP contribution in [-0.4, -0.2) is 40.8 Å². The smallest absolute Gasteiger partial charge is 0.411 e. The topological polar surface area (TPSA) is 55.8 Å². The second-order valence-electron chi connectivity index (χ2n) is 7.23. The summed E-state index contributed by atoms with van der Waals surface area (Å²) < 4.78 is 24.5. The van der Waals surface area contributed by atoms with E-state index in [-0.39, 0.29) is 19.6 Å². The van der Waals surface area contributed by atoms with Gasteiger partial charge in [-0.2, -0.15) is 0 Å². The zero-order valence-electron chi connectivity index (χ0n) is 14.5. The Morgan fingerprint density at radius 3 is 2.50 bits per heavy atom. The molecule has 1 aromatic rings. The largest absolute Gasteiger partial charge is 0.459 e. The third kappa shape index (κ3) is 4.24. The van der Waals surface area contributed by atoms with Crippen LogP contribution in [0.5, 0.6) is 0 Å². The van der Waals surface area contributed by atoms with E-state index < -0.39 is 29.4 Å². The predicted octanol–water partition coefficient (Wildman–Crippen LogP) is 3.47. The molecule has 1 aromatic carbocycles. The van der Waals surface area contributed by atoms with Crippen LogP contribution >= 0.6 is 0 Å². The first-order chi connectivity index (χ1) is 11.1. The van der Waals surface area contributed by atoms with Crippen molar-refractivity contribution >= 4 is 12.1 Å². The van der Waals surface area contributed by atoms with Gasteiger partial charge in [0, 0.05) is 6.42 Å². The normalized spacial score (nSPS) is 23.9. The van der Waals surface area contributed by atoms with Gasteiger partial charge in [0.05, 0.1) is 6.54 Å². The van der Waals surface area contributed by atoms with E-state index in [1.165, 1.54) is 6.92 Å². The van der Waals surface area contributed by atoms with Crippen LogP contribution in [0.3, 0.4) is 0 Å². The Morgan fingerprint density at radius 1 is 1.29 bits per heavy atom. The van der Waals surface area contributed by atoms with Crippen molar-refractivity contribution in [2.24, 2.45) is 0 Å². The highest BCUT2D eigenvalue weighted by Crippen LogP contribution is 2.33. The van der Waals surface area contributed by atoms with Crippen LogP contribution < -0.4 is 0 Å². The zero-order chi connectivity index (χ0) is 18.0. The van der Waals surface area contributed by atoms with E-state index in [0.717, 1.165) is 10.5 Å². The lowest BCUT2D eigenvalue weighted by atomic mass is 9.99. The third-order valence-electron chi connectivity index (χ3n) is 3.86. The van der Waals surface area contributed by atoms with E-state index in [4.69, 9.17) is 9.47 Å². The molecule has 0 unspecified atom stereocenters. The highest BCUT2D eigenvalue weighted by Gasteiger charge is 2.52. The molecule has 0 bridgehead atoms. The summed E-state index contributed by atoms with van der Waals surface area (Å²) in [5.74, 6) is -0.627. The Bertz CT molecular complexity index is 599. The molecule has 132 valence electrons. The van der Waals surface area contributed by atoms with Crippen LogP contribution in [0.4, 0.5) is 9.18 Å². The Hall–Kier alpha value is -2.11. The molecule has 2 rings (SSSR count). The van der Waals surface area contributed by atoms with Crippen LogP contribution in [0.15, 0.2) is 30.3 Å². The quantitative estimate of drug-likeness (QED) is 0.793. The fourth-order valence-corrected chi connectivity index (χ4v) is 2.67. The molecule has 0 radical (unpaired) electrons. The van der Waals surface area contributed by atoms with Crippen molar-refractivity contribution in [2.75, 3.05) is 6.54 Å². The lowest BCUT2D eigenvalue weighted by Gasteiger charge is -2.33. The summed E-state index contributed by atoms with van der Waals surface area (Å²) in [5.41, 5.74) is -1.26. The van der Waals surface area contributed by atoms with E-state index in [9.17, 15) is 14.0 Å². The van der Waals surface area contributed by atoms with Crippen LogP contribution in [0, 0.1) is 0 Å². The Labute approximate surface area is 141 Å². The third-order valence-corrected chi connectivity index (χ3v) is 3.86. The van der Waals surface area contributed by atoms with Crippen molar-refractivity contribution in [3.8, 4) is 0 Å². The summed E-state index contributed by atoms with van der Waals surface area (Å²) in [4.78, 5) is 26.0. The summed E-state index contributed by atoms with van der Waals surface area (Å²) in [7, 11) is 0. The molecule has 1 saturated heterocycles. The Morgan fingerprint density at radius 2 is 1.92 bits per heavy atom. The number of rotatable bonds is 3. The van der Waals surface area contributed by atoms with Crippen molar-refractivity contribution in [3.05, 3.63) is 35.9 Å². The molecule has 0 aliphatic carbocycles. The summed E-state index contributed by atoms with van der Waals surface area (Å²) in [6.07, 6.45) is -2.09.